The van der Waals surface area contributed by atoms with Crippen molar-refractivity contribution in [2.75, 3.05) is 6.61 Å². The molecule has 0 saturated heterocycles. The lowest BCUT2D eigenvalue weighted by Gasteiger charge is -2.07. The van der Waals surface area contributed by atoms with Crippen molar-refractivity contribution in [3.63, 3.8) is 0 Å². The van der Waals surface area contributed by atoms with Crippen LogP contribution in [0.25, 0.3) is 0 Å². The molecule has 0 radical (unpaired) electrons. The third-order valence-electron chi connectivity index (χ3n) is 3.91. The summed E-state index contributed by atoms with van der Waals surface area (Å²) < 4.78 is 33.3. The predicted molar refractivity (Wildman–Crippen MR) is 98.5 cm³/mol. The quantitative estimate of drug-likeness (QED) is 0.410. The maximum absolute atomic E-state index is 11.7. The van der Waals surface area contributed by atoms with Gasteiger partial charge in [-0.1, -0.05) is 76.8 Å². The molecule has 138 valence electrons. The Labute approximate surface area is 147 Å². The van der Waals surface area contributed by atoms with Crippen LogP contribution >= 0.6 is 0 Å². The van der Waals surface area contributed by atoms with Crippen LogP contribution in [-0.4, -0.2) is 15.0 Å². The zero-order valence-electron chi connectivity index (χ0n) is 15.1. The summed E-state index contributed by atoms with van der Waals surface area (Å²) in [7, 11) is -3.96. The molecular weight excluding hydrogens is 324 g/mol. The predicted octanol–water partition coefficient (Wildman–Crippen LogP) is 5.56. The Bertz CT molecular complexity index is 540. The number of rotatable bonds is 14. The smallest absolute Gasteiger partial charge is 0.362 e. The lowest BCUT2D eigenvalue weighted by molar-refractivity contribution is 0.265. The molecule has 0 spiro atoms. The third kappa shape index (κ3) is 10.7. The zero-order chi connectivity index (χ0) is 17.7. The highest BCUT2D eigenvalue weighted by atomic mass is 32.3. The van der Waals surface area contributed by atoms with Gasteiger partial charge >= 0.3 is 10.4 Å². The lowest BCUT2D eigenvalue weighted by atomic mass is 10.1. The van der Waals surface area contributed by atoms with Gasteiger partial charge in [-0.05, 0) is 31.0 Å². The van der Waals surface area contributed by atoms with Gasteiger partial charge in [0.1, 0.15) is 5.75 Å². The highest BCUT2D eigenvalue weighted by Crippen LogP contribution is 2.16. The second kappa shape index (κ2) is 12.3. The van der Waals surface area contributed by atoms with Crippen molar-refractivity contribution in [1.82, 2.24) is 0 Å². The highest BCUT2D eigenvalue weighted by molar-refractivity contribution is 7.82. The van der Waals surface area contributed by atoms with Gasteiger partial charge in [0, 0.05) is 0 Å². The number of unbranched alkanes of at least 4 members (excludes halogenated alkanes) is 9. The average molecular weight is 357 g/mol. The molecule has 0 saturated carbocycles. The van der Waals surface area contributed by atoms with E-state index in [1.807, 2.05) is 13.0 Å². The highest BCUT2D eigenvalue weighted by Gasteiger charge is 2.13. The first-order valence-corrected chi connectivity index (χ1v) is 10.5. The van der Waals surface area contributed by atoms with Crippen LogP contribution in [-0.2, 0) is 14.6 Å². The van der Waals surface area contributed by atoms with Crippen molar-refractivity contribution in [2.45, 2.75) is 78.1 Å². The van der Waals surface area contributed by atoms with Gasteiger partial charge in [-0.25, -0.2) is 4.18 Å². The van der Waals surface area contributed by atoms with Gasteiger partial charge < -0.3 is 4.18 Å². The molecule has 0 aliphatic heterocycles. The summed E-state index contributed by atoms with van der Waals surface area (Å²) in [6.07, 6.45) is 12.0. The lowest BCUT2D eigenvalue weighted by Crippen LogP contribution is -2.14. The van der Waals surface area contributed by atoms with E-state index < -0.39 is 10.4 Å². The van der Waals surface area contributed by atoms with Crippen molar-refractivity contribution in [2.24, 2.45) is 0 Å². The van der Waals surface area contributed by atoms with Crippen LogP contribution in [0.5, 0.6) is 5.75 Å². The van der Waals surface area contributed by atoms with Gasteiger partial charge in [-0.3, -0.25) is 0 Å². The minimum absolute atomic E-state index is 0.185. The van der Waals surface area contributed by atoms with Gasteiger partial charge in [0.15, 0.2) is 0 Å². The normalized spacial score (nSPS) is 11.6. The first-order chi connectivity index (χ1) is 11.5. The molecular formula is C19H32O4S. The summed E-state index contributed by atoms with van der Waals surface area (Å²) in [6.45, 7) is 4.29. The number of hydrogen-bond acceptors (Lipinski definition) is 4. The molecule has 1 aromatic carbocycles. The Kier molecular flexibility index (Phi) is 10.8. The minimum atomic E-state index is -3.96. The van der Waals surface area contributed by atoms with Crippen LogP contribution in [0.1, 0.15) is 76.7 Å². The van der Waals surface area contributed by atoms with Gasteiger partial charge in [0.05, 0.1) is 6.61 Å². The molecule has 0 unspecified atom stereocenters. The fourth-order valence-corrected chi connectivity index (χ4v) is 3.27. The summed E-state index contributed by atoms with van der Waals surface area (Å²) in [6, 6.07) is 6.91. The van der Waals surface area contributed by atoms with Crippen LogP contribution < -0.4 is 4.18 Å². The van der Waals surface area contributed by atoms with Crippen molar-refractivity contribution in [1.29, 1.82) is 0 Å². The Morgan fingerprint density at radius 1 is 0.875 bits per heavy atom. The monoisotopic (exact) mass is 356 g/mol. The van der Waals surface area contributed by atoms with E-state index in [2.05, 4.69) is 6.92 Å². The maximum Gasteiger partial charge on any atom is 0.449 e. The first-order valence-electron chi connectivity index (χ1n) is 9.19. The summed E-state index contributed by atoms with van der Waals surface area (Å²) >= 11 is 0. The Hall–Kier alpha value is -1.07. The molecule has 0 aromatic heterocycles. The zero-order valence-corrected chi connectivity index (χ0v) is 15.9. The largest absolute Gasteiger partial charge is 0.449 e. The molecule has 4 nitrogen and oxygen atoms in total. The van der Waals surface area contributed by atoms with Crippen molar-refractivity contribution < 1.29 is 16.8 Å². The molecule has 1 rings (SSSR count). The van der Waals surface area contributed by atoms with Crippen LogP contribution in [0.2, 0.25) is 0 Å². The standard InChI is InChI=1S/C19H32O4S/c1-3-4-5-6-7-8-9-10-11-12-16-22-24(20,21)23-19-15-13-14-18(2)17-19/h13-15,17H,3-12,16H2,1-2H3. The summed E-state index contributed by atoms with van der Waals surface area (Å²) in [5, 5.41) is 0. The molecule has 0 N–H and O–H groups in total. The SMILES string of the molecule is CCCCCCCCCCCCOS(=O)(=O)Oc1cccc(C)c1. The van der Waals surface area contributed by atoms with Crippen LogP contribution in [0.3, 0.4) is 0 Å². The molecule has 24 heavy (non-hydrogen) atoms. The van der Waals surface area contributed by atoms with Crippen LogP contribution in [0.4, 0.5) is 0 Å². The van der Waals surface area contributed by atoms with E-state index in [1.165, 1.54) is 44.9 Å². The Morgan fingerprint density at radius 3 is 2.04 bits per heavy atom. The second-order valence-electron chi connectivity index (χ2n) is 6.31. The Balaban J connectivity index is 2.04. The maximum atomic E-state index is 11.7. The Morgan fingerprint density at radius 2 is 1.46 bits per heavy atom. The van der Waals surface area contributed by atoms with E-state index in [9.17, 15) is 8.42 Å². The first kappa shape index (κ1) is 21.0. The van der Waals surface area contributed by atoms with Crippen LogP contribution in [0.15, 0.2) is 24.3 Å². The van der Waals surface area contributed by atoms with Gasteiger partial charge in [0.2, 0.25) is 0 Å². The van der Waals surface area contributed by atoms with Gasteiger partial charge in [-0.2, -0.15) is 8.42 Å². The molecule has 5 heteroatoms. The van der Waals surface area contributed by atoms with E-state index in [4.69, 9.17) is 8.37 Å². The summed E-state index contributed by atoms with van der Waals surface area (Å²) in [5.41, 5.74) is 0.942. The van der Waals surface area contributed by atoms with Gasteiger partial charge in [-0.15, -0.1) is 0 Å². The molecule has 1 aromatic rings. The van der Waals surface area contributed by atoms with E-state index in [0.29, 0.717) is 0 Å². The topological polar surface area (TPSA) is 52.6 Å². The molecule has 0 fully saturated rings. The second-order valence-corrected chi connectivity index (χ2v) is 7.53. The molecule has 0 aliphatic rings. The number of hydrogen-bond donors (Lipinski definition) is 0. The third-order valence-corrected chi connectivity index (χ3v) is 4.77. The fraction of sp³-hybridized carbons (Fsp3) is 0.684. The minimum Gasteiger partial charge on any atom is -0.362 e. The molecule has 0 amide bonds. The molecule has 0 atom stereocenters. The van der Waals surface area contributed by atoms with E-state index in [0.717, 1.165) is 24.8 Å². The van der Waals surface area contributed by atoms with Crippen molar-refractivity contribution in [3.8, 4) is 5.75 Å². The van der Waals surface area contributed by atoms with Gasteiger partial charge in [0.25, 0.3) is 0 Å². The summed E-state index contributed by atoms with van der Waals surface area (Å²) in [4.78, 5) is 0. The van der Waals surface area contributed by atoms with E-state index in [1.54, 1.807) is 18.2 Å². The molecule has 0 heterocycles. The van der Waals surface area contributed by atoms with Crippen molar-refractivity contribution >= 4 is 10.4 Å². The average Bonchev–Trinajstić information content (AvgIpc) is 2.52. The van der Waals surface area contributed by atoms with E-state index >= 15 is 0 Å². The molecule has 0 bridgehead atoms. The fourth-order valence-electron chi connectivity index (χ4n) is 2.56. The van der Waals surface area contributed by atoms with Crippen LogP contribution in [0, 0.1) is 6.92 Å². The summed E-state index contributed by atoms with van der Waals surface area (Å²) in [5.74, 6) is 0.290. The number of benzene rings is 1. The number of aryl methyl sites for hydroxylation is 1. The molecule has 0 aliphatic carbocycles. The van der Waals surface area contributed by atoms with E-state index in [-0.39, 0.29) is 12.4 Å². The van der Waals surface area contributed by atoms with Crippen molar-refractivity contribution in [3.05, 3.63) is 29.8 Å².